The van der Waals surface area contributed by atoms with Gasteiger partial charge in [0.05, 0.1) is 5.69 Å². The Hall–Kier alpha value is -2.21. The highest BCUT2D eigenvalue weighted by atomic mass is 32.1. The highest BCUT2D eigenvalue weighted by Gasteiger charge is 2.27. The summed E-state index contributed by atoms with van der Waals surface area (Å²) < 4.78 is 0. The third kappa shape index (κ3) is 4.45. The second kappa shape index (κ2) is 8.25. The van der Waals surface area contributed by atoms with E-state index in [9.17, 15) is 9.59 Å². The lowest BCUT2D eigenvalue weighted by molar-refractivity contribution is -0.134. The quantitative estimate of drug-likeness (QED) is 0.885. The fourth-order valence-corrected chi connectivity index (χ4v) is 3.77. The number of piperidine rings is 1. The summed E-state index contributed by atoms with van der Waals surface area (Å²) in [5, 5.41) is 5.52. The van der Waals surface area contributed by atoms with Crippen molar-refractivity contribution in [3.05, 3.63) is 35.7 Å². The van der Waals surface area contributed by atoms with Gasteiger partial charge in [0.2, 0.25) is 11.8 Å². The second-order valence-corrected chi connectivity index (χ2v) is 7.16. The van der Waals surface area contributed by atoms with Crippen molar-refractivity contribution in [3.63, 3.8) is 0 Å². The predicted octanol–water partition coefficient (Wildman–Crippen LogP) is 3.79. The van der Waals surface area contributed by atoms with E-state index in [2.05, 4.69) is 10.3 Å². The average molecular weight is 357 g/mol. The summed E-state index contributed by atoms with van der Waals surface area (Å²) in [6.07, 6.45) is 2.90. The Morgan fingerprint density at radius 1 is 1.24 bits per heavy atom. The van der Waals surface area contributed by atoms with Crippen LogP contribution in [0.4, 0.5) is 5.13 Å². The summed E-state index contributed by atoms with van der Waals surface area (Å²) in [6, 6.07) is 9.92. The molecule has 0 atom stereocenters. The van der Waals surface area contributed by atoms with Crippen LogP contribution in [0, 0.1) is 5.92 Å². The van der Waals surface area contributed by atoms with Gasteiger partial charge in [-0.1, -0.05) is 37.3 Å². The van der Waals surface area contributed by atoms with Crippen LogP contribution in [0.1, 0.15) is 32.6 Å². The molecule has 25 heavy (non-hydrogen) atoms. The summed E-state index contributed by atoms with van der Waals surface area (Å²) in [5.41, 5.74) is 1.92. The van der Waals surface area contributed by atoms with Crippen molar-refractivity contribution in [2.75, 3.05) is 18.4 Å². The smallest absolute Gasteiger partial charge is 0.229 e. The molecular weight excluding hydrogens is 334 g/mol. The zero-order valence-corrected chi connectivity index (χ0v) is 15.2. The minimum Gasteiger partial charge on any atom is -0.343 e. The number of anilines is 1. The number of nitrogens with one attached hydrogen (secondary N) is 1. The first-order valence-electron chi connectivity index (χ1n) is 8.77. The summed E-state index contributed by atoms with van der Waals surface area (Å²) >= 11 is 1.44. The van der Waals surface area contributed by atoms with E-state index in [1.807, 2.05) is 47.5 Å². The molecule has 0 radical (unpaired) electrons. The first-order chi connectivity index (χ1) is 12.2. The first kappa shape index (κ1) is 17.6. The van der Waals surface area contributed by atoms with Crippen LogP contribution in [0.25, 0.3) is 11.3 Å². The maximum Gasteiger partial charge on any atom is 0.229 e. The van der Waals surface area contributed by atoms with Gasteiger partial charge in [-0.2, -0.15) is 0 Å². The molecule has 1 saturated heterocycles. The van der Waals surface area contributed by atoms with Crippen LogP contribution >= 0.6 is 11.3 Å². The molecule has 0 aliphatic carbocycles. The third-order valence-corrected chi connectivity index (χ3v) is 5.24. The minimum atomic E-state index is -0.0465. The van der Waals surface area contributed by atoms with E-state index in [1.165, 1.54) is 11.3 Å². The number of hydrogen-bond acceptors (Lipinski definition) is 4. The molecule has 1 aliphatic rings. The molecule has 132 valence electrons. The summed E-state index contributed by atoms with van der Waals surface area (Å²) in [7, 11) is 0. The molecule has 0 unspecified atom stereocenters. The Labute approximate surface area is 152 Å². The topological polar surface area (TPSA) is 62.3 Å². The molecule has 0 saturated carbocycles. The molecular formula is C19H23N3O2S. The molecule has 1 fully saturated rings. The normalized spacial score (nSPS) is 15.2. The molecule has 1 aromatic heterocycles. The number of thiazole rings is 1. The van der Waals surface area contributed by atoms with E-state index in [4.69, 9.17) is 0 Å². The highest BCUT2D eigenvalue weighted by Crippen LogP contribution is 2.26. The Morgan fingerprint density at radius 2 is 1.96 bits per heavy atom. The van der Waals surface area contributed by atoms with Crippen molar-refractivity contribution in [2.45, 2.75) is 32.6 Å². The lowest BCUT2D eigenvalue weighted by atomic mass is 9.96. The number of likely N-dealkylation sites (tertiary alicyclic amines) is 1. The minimum absolute atomic E-state index is 0.0107. The SMILES string of the molecule is CCCC(=O)N1CCC(C(=O)Nc2nc(-c3ccccc3)cs2)CC1. The lowest BCUT2D eigenvalue weighted by Crippen LogP contribution is -2.41. The van der Waals surface area contributed by atoms with Gasteiger partial charge in [-0.3, -0.25) is 9.59 Å². The van der Waals surface area contributed by atoms with Crippen molar-refractivity contribution in [1.82, 2.24) is 9.88 Å². The van der Waals surface area contributed by atoms with Crippen LogP contribution in [-0.2, 0) is 9.59 Å². The largest absolute Gasteiger partial charge is 0.343 e. The van der Waals surface area contributed by atoms with Gasteiger partial charge in [-0.15, -0.1) is 11.3 Å². The van der Waals surface area contributed by atoms with Gasteiger partial charge in [0.25, 0.3) is 0 Å². The van der Waals surface area contributed by atoms with Crippen molar-refractivity contribution in [1.29, 1.82) is 0 Å². The lowest BCUT2D eigenvalue weighted by Gasteiger charge is -2.31. The number of amides is 2. The number of nitrogens with zero attached hydrogens (tertiary/aromatic N) is 2. The van der Waals surface area contributed by atoms with Crippen LogP contribution in [0.15, 0.2) is 35.7 Å². The number of carbonyl (C=O) groups excluding carboxylic acids is 2. The van der Waals surface area contributed by atoms with Gasteiger partial charge in [-0.25, -0.2) is 4.98 Å². The zero-order chi connectivity index (χ0) is 17.6. The monoisotopic (exact) mass is 357 g/mol. The third-order valence-electron chi connectivity index (χ3n) is 4.49. The molecule has 3 rings (SSSR count). The number of aromatic nitrogens is 1. The maximum atomic E-state index is 12.5. The molecule has 6 heteroatoms. The molecule has 1 aliphatic heterocycles. The summed E-state index contributed by atoms with van der Waals surface area (Å²) in [6.45, 7) is 3.35. The van der Waals surface area contributed by atoms with Crippen LogP contribution in [0.2, 0.25) is 0 Å². The van der Waals surface area contributed by atoms with Crippen molar-refractivity contribution >= 4 is 28.3 Å². The van der Waals surface area contributed by atoms with Crippen LogP contribution in [-0.4, -0.2) is 34.8 Å². The van der Waals surface area contributed by atoms with Gasteiger partial charge < -0.3 is 10.2 Å². The Bertz CT molecular complexity index is 721. The fourth-order valence-electron chi connectivity index (χ4n) is 3.04. The van der Waals surface area contributed by atoms with Crippen LogP contribution in [0.5, 0.6) is 0 Å². The Balaban J connectivity index is 1.54. The van der Waals surface area contributed by atoms with Crippen molar-refractivity contribution < 1.29 is 9.59 Å². The molecule has 1 N–H and O–H groups in total. The molecule has 0 bridgehead atoms. The molecule has 5 nitrogen and oxygen atoms in total. The molecule has 2 aromatic rings. The second-order valence-electron chi connectivity index (χ2n) is 6.30. The highest BCUT2D eigenvalue weighted by molar-refractivity contribution is 7.14. The average Bonchev–Trinajstić information content (AvgIpc) is 3.11. The van der Waals surface area contributed by atoms with Gasteiger partial charge in [-0.05, 0) is 19.3 Å². The van der Waals surface area contributed by atoms with Crippen LogP contribution in [0.3, 0.4) is 0 Å². The van der Waals surface area contributed by atoms with Crippen LogP contribution < -0.4 is 5.32 Å². The van der Waals surface area contributed by atoms with Gasteiger partial charge in [0.15, 0.2) is 5.13 Å². The molecule has 2 heterocycles. The number of rotatable bonds is 5. The molecule has 0 spiro atoms. The summed E-state index contributed by atoms with van der Waals surface area (Å²) in [5.74, 6) is 0.167. The number of carbonyl (C=O) groups is 2. The van der Waals surface area contributed by atoms with E-state index in [-0.39, 0.29) is 17.7 Å². The van der Waals surface area contributed by atoms with E-state index in [1.54, 1.807) is 0 Å². The summed E-state index contributed by atoms with van der Waals surface area (Å²) in [4.78, 5) is 30.8. The van der Waals surface area contributed by atoms with E-state index >= 15 is 0 Å². The van der Waals surface area contributed by atoms with Gasteiger partial charge >= 0.3 is 0 Å². The van der Waals surface area contributed by atoms with E-state index in [0.717, 1.165) is 30.5 Å². The number of benzene rings is 1. The Morgan fingerprint density at radius 3 is 2.64 bits per heavy atom. The number of hydrogen-bond donors (Lipinski definition) is 1. The molecule has 2 amide bonds. The van der Waals surface area contributed by atoms with E-state index in [0.29, 0.717) is 24.6 Å². The van der Waals surface area contributed by atoms with Crippen molar-refractivity contribution in [2.24, 2.45) is 5.92 Å². The van der Waals surface area contributed by atoms with Gasteiger partial charge in [0.1, 0.15) is 0 Å². The predicted molar refractivity (Wildman–Crippen MR) is 100 cm³/mol. The standard InChI is InChI=1S/C19H23N3O2S/c1-2-6-17(23)22-11-9-15(10-12-22)18(24)21-19-20-16(13-25-19)14-7-4-3-5-8-14/h3-5,7-8,13,15H,2,6,9-12H2,1H3,(H,20,21,24). The Kier molecular flexibility index (Phi) is 5.81. The van der Waals surface area contributed by atoms with E-state index < -0.39 is 0 Å². The first-order valence-corrected chi connectivity index (χ1v) is 9.65. The fraction of sp³-hybridized carbons (Fsp3) is 0.421. The van der Waals surface area contributed by atoms with Crippen molar-refractivity contribution in [3.8, 4) is 11.3 Å². The maximum absolute atomic E-state index is 12.5. The zero-order valence-electron chi connectivity index (χ0n) is 14.4. The molecule has 1 aromatic carbocycles. The van der Waals surface area contributed by atoms with Gasteiger partial charge in [0, 0.05) is 36.4 Å².